The smallest absolute Gasteiger partial charge is 0.321 e. The first kappa shape index (κ1) is 101. The average molecular weight is 2060 g/mol. The zero-order valence-electron chi connectivity index (χ0n) is 76.2. The van der Waals surface area contributed by atoms with E-state index in [1.54, 1.807) is 63.4 Å². The van der Waals surface area contributed by atoms with E-state index in [2.05, 4.69) is 50.1 Å². The number of carbonyl (C=O) groups is 3. The van der Waals surface area contributed by atoms with Gasteiger partial charge in [-0.05, 0) is 174 Å². The quantitative estimate of drug-likeness (QED) is 0.0364. The number of imidazole rings is 2. The fourth-order valence-electron chi connectivity index (χ4n) is 16.8. The van der Waals surface area contributed by atoms with Crippen molar-refractivity contribution in [3.8, 4) is 0 Å². The topological polar surface area (TPSA) is 542 Å². The maximum Gasteiger partial charge on any atom is 0.359 e. The number of rotatable bonds is 17. The van der Waals surface area contributed by atoms with Crippen LogP contribution in [0.5, 0.6) is 0 Å². The number of sulfonamides is 4. The second-order valence-corrected chi connectivity index (χ2v) is 41.5. The predicted molar refractivity (Wildman–Crippen MR) is 509 cm³/mol. The highest BCUT2D eigenvalue weighted by molar-refractivity contribution is 7.90. The fourth-order valence-corrected chi connectivity index (χ4v) is 19.6. The van der Waals surface area contributed by atoms with Gasteiger partial charge in [0.05, 0.1) is 140 Å². The molecular formula is C93H80F8N21O16PS4. The van der Waals surface area contributed by atoms with Gasteiger partial charge in [0.2, 0.25) is 57.8 Å². The summed E-state index contributed by atoms with van der Waals surface area (Å²) in [6, 6.07) is 30.6. The summed E-state index contributed by atoms with van der Waals surface area (Å²) in [6.07, 6.45) is 5.61. The first-order chi connectivity index (χ1) is 67.2. The molecule has 0 saturated heterocycles. The van der Waals surface area contributed by atoms with Crippen LogP contribution in [0.4, 0.5) is 52.2 Å². The van der Waals surface area contributed by atoms with Gasteiger partial charge in [0.15, 0.2) is 22.6 Å². The summed E-state index contributed by atoms with van der Waals surface area (Å²) in [5.74, 6) is -9.11. The molecule has 37 nitrogen and oxygen atoms in total. The molecule has 17 aromatic rings. The molecule has 0 atom stereocenters. The molecule has 10 N–H and O–H groups in total. The van der Waals surface area contributed by atoms with Gasteiger partial charge in [-0.3, -0.25) is 37.2 Å². The van der Waals surface area contributed by atoms with Crippen LogP contribution in [0.1, 0.15) is 92.0 Å². The van der Waals surface area contributed by atoms with Crippen LogP contribution < -0.4 is 51.9 Å². The van der Waals surface area contributed by atoms with Gasteiger partial charge in [0.1, 0.15) is 46.5 Å². The van der Waals surface area contributed by atoms with Gasteiger partial charge in [-0.2, -0.15) is 10.2 Å². The third-order valence-electron chi connectivity index (χ3n) is 23.7. The number of nitrogens with two attached hydrogens (primary N) is 4. The Morgan fingerprint density at radius 1 is 0.399 bits per heavy atom. The third kappa shape index (κ3) is 20.3. The van der Waals surface area contributed by atoms with Crippen molar-refractivity contribution >= 4 is 165 Å². The van der Waals surface area contributed by atoms with Crippen molar-refractivity contribution in [1.29, 1.82) is 0 Å². The number of amides is 3. The number of pyridine rings is 8. The van der Waals surface area contributed by atoms with Crippen LogP contribution in [0.15, 0.2) is 187 Å². The van der Waals surface area contributed by atoms with Crippen LogP contribution in [-0.4, -0.2) is 130 Å². The van der Waals surface area contributed by atoms with Crippen LogP contribution in [0, 0.1) is 88.1 Å². The minimum atomic E-state index is -4.69. The zero-order valence-corrected chi connectivity index (χ0v) is 80.4. The molecule has 0 spiro atoms. The number of aryl methyl sites for hydroxylation is 8. The van der Waals surface area contributed by atoms with Crippen molar-refractivity contribution in [3.63, 3.8) is 0 Å². The number of benzene rings is 6. The molecule has 0 fully saturated rings. The minimum Gasteiger partial charge on any atom is -0.321 e. The SMILES string of the molecule is CCCn1c(=O)n(Cc2c(F)cc(S(N)(=O)=O)cc2F)c2c3ccc(C)nc3ncc21.Cc1ccc2c(ncc3c2n(Cc2c(F)cc(S(N)(=O)=O)cc2F)c(=O)n3C)n1.Cc1ccc2c3c(c(C)nc2n1)CC(=O)N3Cc1c(F)cc(S(N)(=O)=O)cc1F.Cc1ccc2c3c(cnc2n1)CC(=O)N3Cc1ccc(P(=O)(O)O)c(F)c1.Cc1ccc2c3c(nnc2c1)CC(=O)N3Cc1ccc(S(N)(=O)=O)cc1F. The molecule has 3 aliphatic heterocycles. The Hall–Kier alpha value is -14.9. The molecule has 6 aromatic carbocycles. The van der Waals surface area contributed by atoms with E-state index in [4.69, 9.17) is 30.3 Å². The number of hydrogen-bond acceptors (Lipinski definition) is 24. The first-order valence-corrected chi connectivity index (χ1v) is 50.6. The summed E-state index contributed by atoms with van der Waals surface area (Å²) in [4.78, 5) is 119. The van der Waals surface area contributed by atoms with Gasteiger partial charge in [-0.15, -0.1) is 0 Å². The Kier molecular flexibility index (Phi) is 27.2. The molecule has 50 heteroatoms. The zero-order chi connectivity index (χ0) is 103. The number of primary sulfonamides is 4. The highest BCUT2D eigenvalue weighted by atomic mass is 32.2. The van der Waals surface area contributed by atoms with Crippen molar-refractivity contribution < 1.29 is 97.5 Å². The average Bonchev–Trinajstić information content (AvgIpc) is 1.66. The minimum absolute atomic E-state index is 0.0444. The van der Waals surface area contributed by atoms with Gasteiger partial charge < -0.3 is 24.5 Å². The second-order valence-electron chi connectivity index (χ2n) is 33.7. The molecule has 20 rings (SSSR count). The maximum absolute atomic E-state index is 14.7. The second kappa shape index (κ2) is 38.5. The molecule has 14 heterocycles. The number of hydrogen-bond donors (Lipinski definition) is 6. The highest BCUT2D eigenvalue weighted by Crippen LogP contribution is 2.43. The van der Waals surface area contributed by atoms with Crippen molar-refractivity contribution in [2.45, 2.75) is 133 Å². The van der Waals surface area contributed by atoms with E-state index in [-0.39, 0.29) is 60.5 Å². The summed E-state index contributed by atoms with van der Waals surface area (Å²) in [5, 5.41) is 30.7. The van der Waals surface area contributed by atoms with Crippen LogP contribution in [0.2, 0.25) is 0 Å². The van der Waals surface area contributed by atoms with E-state index in [0.29, 0.717) is 155 Å². The number of aromatic nitrogens is 14. The molecule has 0 unspecified atom stereocenters. The Bertz CT molecular complexity index is 8970. The fraction of sp³-hybridized carbons (Fsp3) is 0.194. The molecule has 0 radical (unpaired) electrons. The largest absolute Gasteiger partial charge is 0.359 e. The molecule has 0 bridgehead atoms. The number of anilines is 3. The number of nitrogens with zero attached hydrogens (tertiary/aromatic N) is 17. The van der Waals surface area contributed by atoms with E-state index in [0.717, 1.165) is 62.9 Å². The van der Waals surface area contributed by atoms with Gasteiger partial charge >= 0.3 is 19.0 Å². The lowest BCUT2D eigenvalue weighted by atomic mass is 10.1. The monoisotopic (exact) mass is 2060 g/mol. The van der Waals surface area contributed by atoms with E-state index in [9.17, 15) is 97.3 Å². The molecule has 3 aliphatic rings. The summed E-state index contributed by atoms with van der Waals surface area (Å²) in [5.41, 5.74) is 11.0. The van der Waals surface area contributed by atoms with Crippen LogP contribution in [-0.2, 0) is 125 Å². The molecule has 0 aliphatic carbocycles. The van der Waals surface area contributed by atoms with Crippen molar-refractivity contribution in [1.82, 2.24) is 68.3 Å². The molecule has 738 valence electrons. The lowest BCUT2D eigenvalue weighted by molar-refractivity contribution is -0.118. The number of carbonyl (C=O) groups excluding carboxylic acids is 3. The number of halogens is 8. The molecule has 3 amide bonds. The third-order valence-corrected chi connectivity index (χ3v) is 28.3. The van der Waals surface area contributed by atoms with Gasteiger partial charge in [0, 0.05) is 109 Å². The van der Waals surface area contributed by atoms with E-state index >= 15 is 0 Å². The van der Waals surface area contributed by atoms with Crippen LogP contribution in [0.25, 0.3) is 77.1 Å². The van der Waals surface area contributed by atoms with E-state index in [1.807, 2.05) is 58.0 Å². The molecule has 143 heavy (non-hydrogen) atoms. The van der Waals surface area contributed by atoms with Crippen molar-refractivity contribution in [2.24, 2.45) is 27.6 Å². The summed E-state index contributed by atoms with van der Waals surface area (Å²) >= 11 is 0. The van der Waals surface area contributed by atoms with Gasteiger partial charge in [0.25, 0.3) is 0 Å². The van der Waals surface area contributed by atoms with Crippen molar-refractivity contribution in [2.75, 3.05) is 14.7 Å². The molecule has 0 saturated carbocycles. The van der Waals surface area contributed by atoms with Gasteiger partial charge in [-0.25, -0.2) is 139 Å². The highest BCUT2D eigenvalue weighted by Gasteiger charge is 2.37. The first-order valence-electron chi connectivity index (χ1n) is 42.8. The Balaban J connectivity index is 0.000000128. The lowest BCUT2D eigenvalue weighted by Crippen LogP contribution is -2.27. The van der Waals surface area contributed by atoms with Crippen LogP contribution >= 0.6 is 7.60 Å². The van der Waals surface area contributed by atoms with Gasteiger partial charge in [-0.1, -0.05) is 31.2 Å². The molecule has 11 aromatic heterocycles. The Morgan fingerprint density at radius 3 is 1.34 bits per heavy atom. The normalized spacial score (nSPS) is 13.2. The number of fused-ring (bicyclic) bond motifs is 15. The summed E-state index contributed by atoms with van der Waals surface area (Å²) < 4.78 is 224. The van der Waals surface area contributed by atoms with Crippen LogP contribution in [0.3, 0.4) is 0 Å². The molecular weight excluding hydrogens is 1980 g/mol. The Labute approximate surface area is 805 Å². The predicted octanol–water partition coefficient (Wildman–Crippen LogP) is 10.0. The van der Waals surface area contributed by atoms with E-state index < -0.39 is 162 Å². The Morgan fingerprint density at radius 2 is 0.832 bits per heavy atom. The lowest BCUT2D eigenvalue weighted by Gasteiger charge is -2.20. The summed E-state index contributed by atoms with van der Waals surface area (Å²) in [7, 11) is -20.0. The van der Waals surface area contributed by atoms with E-state index in [1.165, 1.54) is 70.6 Å². The van der Waals surface area contributed by atoms with Crippen molar-refractivity contribution in [3.05, 3.63) is 304 Å². The standard InChI is InChI=1S/C20H19F2N5O3S.C19H16F2N4O3S.C18H15F2N5O3S.C18H15FN4O3S.C18H15FN3O4P/c1-3-6-26-17-9-24-19-13(5-4-11(2)25-19)18(17)27(20(26)28)10-14-15(21)7-12(8-16(14)22)31(23,29)30;1-9-3-4-12-18-13(10(2)24-19(12)23-9)7-17(26)25(18)8-14-15(20)5-11(6-16(14)21)29(22,27)28;1-9-3-4-11-16-15(7-22-17(11)23-9)24(2)18(26)25(16)8-12-13(19)5-10(6-14(12)20)29(21,27)28;1-10-2-5-13-15(6-10)21-22-16-8-17(24)23(18(13)16)9-11-3-4-12(7-14(11)19)27(20,25)26;1-10-2-4-13-17-12(8-20-18(13)21-10)7-16(23)22(17)9-11-3-5-15(14(19)6-11)27(24,25)26/h4-5,7-9H,3,6,10H2,1-2H3,(H2,23,29,30);3-6H,7-8H2,1-2H3,(H2,22,27,28);3-7H,8H2,1-2H3,(H2,21,27,28);2-7H,8-9H2,1H3,(H2,20,25,26);2-6,8H,7,9H2,1H3,(H2,24,25,26). The summed E-state index contributed by atoms with van der Waals surface area (Å²) in [6.45, 7) is 12.0. The maximum atomic E-state index is 14.7.